The molecule has 9 heteroatoms. The molecule has 20 heavy (non-hydrogen) atoms. The van der Waals surface area contributed by atoms with E-state index in [2.05, 4.69) is 15.3 Å². The second-order valence-electron chi connectivity index (χ2n) is 4.20. The van der Waals surface area contributed by atoms with Gasteiger partial charge in [0.2, 0.25) is 0 Å². The Morgan fingerprint density at radius 1 is 1.45 bits per heavy atom. The number of hydrogen-bond donors (Lipinski definition) is 1. The number of fused-ring (bicyclic) bond motifs is 1. The molecule has 0 aliphatic rings. The summed E-state index contributed by atoms with van der Waals surface area (Å²) in [4.78, 5) is 15.9. The molecule has 1 N–H and O–H groups in total. The van der Waals surface area contributed by atoms with E-state index >= 15 is 0 Å². The highest BCUT2D eigenvalue weighted by Crippen LogP contribution is 2.10. The second kappa shape index (κ2) is 5.88. The van der Waals surface area contributed by atoms with E-state index in [0.717, 1.165) is 4.68 Å². The third kappa shape index (κ3) is 2.58. The number of ether oxygens (including phenoxy) is 2. The van der Waals surface area contributed by atoms with Crippen molar-refractivity contribution in [2.75, 3.05) is 14.2 Å². The van der Waals surface area contributed by atoms with Crippen LogP contribution in [0, 0.1) is 5.41 Å². The number of imidazole rings is 1. The molecule has 0 atom stereocenters. The van der Waals surface area contributed by atoms with Crippen molar-refractivity contribution in [3.05, 3.63) is 22.5 Å². The molecule has 0 saturated carbocycles. The van der Waals surface area contributed by atoms with E-state index in [1.165, 1.54) is 17.8 Å². The topological polar surface area (TPSA) is 107 Å². The second-order valence-corrected chi connectivity index (χ2v) is 4.20. The minimum absolute atomic E-state index is 0.258. The number of aromatic nitrogens is 5. The van der Waals surface area contributed by atoms with Gasteiger partial charge < -0.3 is 14.9 Å². The van der Waals surface area contributed by atoms with E-state index in [-0.39, 0.29) is 23.3 Å². The molecular weight excluding hydrogens is 264 g/mol. The first-order valence-corrected chi connectivity index (χ1v) is 5.99. The first-order valence-electron chi connectivity index (χ1n) is 5.99. The summed E-state index contributed by atoms with van der Waals surface area (Å²) in [5.41, 5.74) is 0.535. The monoisotopic (exact) mass is 280 g/mol. The summed E-state index contributed by atoms with van der Waals surface area (Å²) in [6.07, 6.45) is 1.89. The van der Waals surface area contributed by atoms with Crippen molar-refractivity contribution in [3.63, 3.8) is 0 Å². The Morgan fingerprint density at radius 3 is 2.80 bits per heavy atom. The van der Waals surface area contributed by atoms with Crippen molar-refractivity contribution >= 4 is 11.4 Å². The number of nitrogens with one attached hydrogen (secondary N) is 1. The molecule has 0 aromatic carbocycles. The molecule has 108 valence electrons. The van der Waals surface area contributed by atoms with Crippen molar-refractivity contribution in [2.24, 2.45) is 7.05 Å². The highest BCUT2D eigenvalue weighted by atomic mass is 16.7. The van der Waals surface area contributed by atoms with E-state index < -0.39 is 0 Å². The zero-order chi connectivity index (χ0) is 14.7. The van der Waals surface area contributed by atoms with Gasteiger partial charge in [-0.05, 0) is 6.42 Å². The number of hydrogen-bond acceptors (Lipinski definition) is 7. The van der Waals surface area contributed by atoms with Crippen LogP contribution in [0.3, 0.4) is 0 Å². The molecule has 0 fully saturated rings. The van der Waals surface area contributed by atoms with Crippen LogP contribution in [0.5, 0.6) is 0 Å². The molecular formula is C11H16N6O3. The number of methoxy groups -OCH3 is 2. The smallest absolute Gasteiger partial charge is 0.352 e. The molecule has 0 saturated heterocycles. The zero-order valence-corrected chi connectivity index (χ0v) is 11.5. The average Bonchev–Trinajstić information content (AvgIpc) is 2.88. The van der Waals surface area contributed by atoms with Crippen LogP contribution in [0.4, 0.5) is 0 Å². The van der Waals surface area contributed by atoms with Crippen LogP contribution in [-0.4, -0.2) is 50.6 Å². The van der Waals surface area contributed by atoms with Crippen LogP contribution in [0.25, 0.3) is 5.65 Å². The maximum absolute atomic E-state index is 11.8. The summed E-state index contributed by atoms with van der Waals surface area (Å²) in [5, 5.41) is 15.6. The van der Waals surface area contributed by atoms with Crippen LogP contribution >= 0.6 is 0 Å². The zero-order valence-electron chi connectivity index (χ0n) is 11.5. The Bertz CT molecular complexity index is 672. The van der Waals surface area contributed by atoms with Crippen LogP contribution in [0.15, 0.2) is 11.1 Å². The van der Waals surface area contributed by atoms with E-state index in [1.54, 1.807) is 14.2 Å². The lowest BCUT2D eigenvalue weighted by Crippen LogP contribution is -2.27. The molecule has 9 nitrogen and oxygen atoms in total. The molecule has 0 unspecified atom stereocenters. The molecule has 0 radical (unpaired) electrons. The Morgan fingerprint density at radius 2 is 2.15 bits per heavy atom. The Kier molecular flexibility index (Phi) is 4.20. The number of aryl methyl sites for hydroxylation is 1. The molecule has 0 aliphatic carbocycles. The van der Waals surface area contributed by atoms with Crippen molar-refractivity contribution in [1.29, 1.82) is 5.41 Å². The molecule has 2 aromatic rings. The summed E-state index contributed by atoms with van der Waals surface area (Å²) >= 11 is 0. The fraction of sp³-hybridized carbons (Fsp3) is 0.545. The summed E-state index contributed by atoms with van der Waals surface area (Å²) in [5.74, 6) is 0. The van der Waals surface area contributed by atoms with E-state index in [1.807, 2.05) is 0 Å². The SMILES string of the molecule is COC(CCC(=N)c1ncn2c(=O)n(C)nnc12)OC. The predicted molar refractivity (Wildman–Crippen MR) is 69.9 cm³/mol. The summed E-state index contributed by atoms with van der Waals surface area (Å²) < 4.78 is 12.5. The van der Waals surface area contributed by atoms with Crippen LogP contribution < -0.4 is 5.69 Å². The first-order chi connectivity index (χ1) is 9.58. The van der Waals surface area contributed by atoms with Gasteiger partial charge >= 0.3 is 5.69 Å². The molecule has 0 spiro atoms. The number of nitrogens with zero attached hydrogens (tertiary/aromatic N) is 5. The minimum atomic E-state index is -0.372. The minimum Gasteiger partial charge on any atom is -0.356 e. The summed E-state index contributed by atoms with van der Waals surface area (Å²) in [7, 11) is 4.58. The fourth-order valence-electron chi connectivity index (χ4n) is 1.81. The Labute approximate surface area is 114 Å². The van der Waals surface area contributed by atoms with Gasteiger partial charge in [0.05, 0.1) is 5.71 Å². The highest BCUT2D eigenvalue weighted by Gasteiger charge is 2.16. The van der Waals surface area contributed by atoms with E-state index in [0.29, 0.717) is 18.5 Å². The maximum Gasteiger partial charge on any atom is 0.352 e. The quantitative estimate of drug-likeness (QED) is 0.569. The van der Waals surface area contributed by atoms with Gasteiger partial charge in [-0.15, -0.1) is 5.10 Å². The standard InChI is InChI=1S/C11H16N6O3/c1-16-11(18)17-6-13-9(10(17)14-15-16)7(12)4-5-8(19-2)20-3/h6,8,12H,4-5H2,1-3H3. The summed E-state index contributed by atoms with van der Waals surface area (Å²) in [6, 6.07) is 0. The third-order valence-corrected chi connectivity index (χ3v) is 2.94. The van der Waals surface area contributed by atoms with Gasteiger partial charge in [-0.2, -0.15) is 4.68 Å². The van der Waals surface area contributed by atoms with Gasteiger partial charge in [-0.1, -0.05) is 5.21 Å². The predicted octanol–water partition coefficient (Wildman–Crippen LogP) is -0.410. The average molecular weight is 280 g/mol. The molecule has 2 aromatic heterocycles. The highest BCUT2D eigenvalue weighted by molar-refractivity contribution is 6.01. The lowest BCUT2D eigenvalue weighted by Gasteiger charge is -2.12. The molecule has 0 bridgehead atoms. The van der Waals surface area contributed by atoms with Gasteiger partial charge in [0.15, 0.2) is 11.9 Å². The Balaban J connectivity index is 2.23. The van der Waals surface area contributed by atoms with Gasteiger partial charge in [-0.25, -0.2) is 14.2 Å². The van der Waals surface area contributed by atoms with Crippen molar-refractivity contribution in [1.82, 2.24) is 24.4 Å². The van der Waals surface area contributed by atoms with Gasteiger partial charge in [0.1, 0.15) is 12.0 Å². The third-order valence-electron chi connectivity index (χ3n) is 2.94. The van der Waals surface area contributed by atoms with Crippen molar-refractivity contribution in [2.45, 2.75) is 19.1 Å². The maximum atomic E-state index is 11.8. The number of rotatable bonds is 6. The molecule has 0 amide bonds. The fourth-order valence-corrected chi connectivity index (χ4v) is 1.81. The lowest BCUT2D eigenvalue weighted by molar-refractivity contribution is -0.104. The molecule has 2 rings (SSSR count). The summed E-state index contributed by atoms with van der Waals surface area (Å²) in [6.45, 7) is 0. The van der Waals surface area contributed by atoms with Crippen LogP contribution in [0.1, 0.15) is 18.5 Å². The first kappa shape index (κ1) is 14.3. The van der Waals surface area contributed by atoms with Gasteiger partial charge in [0.25, 0.3) is 0 Å². The van der Waals surface area contributed by atoms with Crippen LogP contribution in [0.2, 0.25) is 0 Å². The molecule has 2 heterocycles. The lowest BCUT2D eigenvalue weighted by atomic mass is 10.1. The van der Waals surface area contributed by atoms with Crippen LogP contribution in [-0.2, 0) is 16.5 Å². The van der Waals surface area contributed by atoms with Gasteiger partial charge in [0, 0.05) is 27.7 Å². The molecule has 0 aliphatic heterocycles. The van der Waals surface area contributed by atoms with E-state index in [4.69, 9.17) is 14.9 Å². The normalized spacial score (nSPS) is 11.4. The Hall–Kier alpha value is -2.13. The largest absolute Gasteiger partial charge is 0.356 e. The van der Waals surface area contributed by atoms with Crippen molar-refractivity contribution < 1.29 is 9.47 Å². The van der Waals surface area contributed by atoms with Gasteiger partial charge in [-0.3, -0.25) is 0 Å². The van der Waals surface area contributed by atoms with E-state index in [9.17, 15) is 4.79 Å². The van der Waals surface area contributed by atoms with Crippen molar-refractivity contribution in [3.8, 4) is 0 Å².